The summed E-state index contributed by atoms with van der Waals surface area (Å²) in [6.45, 7) is 6.42. The molecule has 0 spiro atoms. The van der Waals surface area contributed by atoms with E-state index in [-0.39, 0.29) is 29.8 Å². The SMILES string of the molecule is COC(=O)[C@@H](C)OS(C)(=O)=O.COC(=O)[C@H](C)n1cnc2c1c(=O)n(Cc1cc(C)on1)c(=O)n2C.Cc1cc(Cn2c(=O)c3c(n(C)c2=O)N=CC3)no1.[2H]CF. The summed E-state index contributed by atoms with van der Waals surface area (Å²) in [4.78, 5) is 80.4. The molecule has 1 aliphatic heterocycles. The molecule has 310 valence electrons. The number of hydrogen-bond donors (Lipinski definition) is 0. The lowest BCUT2D eigenvalue weighted by molar-refractivity contribution is -0.147. The number of esters is 2. The molecule has 0 saturated carbocycles. The Morgan fingerprint density at radius 3 is 1.89 bits per heavy atom. The molecule has 6 rings (SSSR count). The van der Waals surface area contributed by atoms with Crippen molar-refractivity contribution in [3.05, 3.63) is 88.6 Å². The Balaban J connectivity index is 0.000000241. The molecular weight excluding hydrogens is 781 g/mol. The van der Waals surface area contributed by atoms with Crippen LogP contribution in [0, 0.1) is 13.8 Å². The zero-order chi connectivity index (χ0) is 43.6. The molecule has 1 aliphatic rings. The fraction of sp³-hybridized carbons (Fsp3) is 0.455. The maximum atomic E-state index is 12.9. The van der Waals surface area contributed by atoms with Gasteiger partial charge in [-0.15, -0.1) is 0 Å². The normalized spacial score (nSPS) is 12.8. The number of nitrogens with zero attached hydrogens (tertiary/aromatic N) is 9. The number of methoxy groups -OCH3 is 2. The first-order chi connectivity index (χ1) is 27.2. The summed E-state index contributed by atoms with van der Waals surface area (Å²) in [7, 11) is 0.954. The van der Waals surface area contributed by atoms with E-state index in [9.17, 15) is 41.6 Å². The van der Waals surface area contributed by atoms with Crippen molar-refractivity contribution in [3.63, 3.8) is 0 Å². The summed E-state index contributed by atoms with van der Waals surface area (Å²) in [6, 6.07) is 2.59. The Hall–Kier alpha value is -6.30. The van der Waals surface area contributed by atoms with Gasteiger partial charge in [-0.05, 0) is 27.7 Å². The van der Waals surface area contributed by atoms with Crippen LogP contribution in [0.4, 0.5) is 10.2 Å². The largest absolute Gasteiger partial charge is 0.467 e. The maximum absolute atomic E-state index is 12.9. The Bertz CT molecular complexity index is 2650. The average Bonchev–Trinajstić information content (AvgIpc) is 4.00. The first-order valence-corrected chi connectivity index (χ1v) is 18.3. The minimum atomic E-state index is -3.58. The van der Waals surface area contributed by atoms with Crippen molar-refractivity contribution in [1.82, 2.24) is 38.1 Å². The number of rotatable bonds is 9. The van der Waals surface area contributed by atoms with Crippen LogP contribution in [0.25, 0.3) is 11.2 Å². The molecule has 57 heavy (non-hydrogen) atoms. The highest BCUT2D eigenvalue weighted by molar-refractivity contribution is 7.86. The van der Waals surface area contributed by atoms with E-state index >= 15 is 0 Å². The fourth-order valence-corrected chi connectivity index (χ4v) is 5.91. The maximum Gasteiger partial charge on any atom is 0.336 e. The molecule has 0 saturated heterocycles. The molecule has 0 unspecified atom stereocenters. The molecular formula is C33H42FN9O13S. The van der Waals surface area contributed by atoms with E-state index < -0.39 is 58.3 Å². The molecule has 0 amide bonds. The van der Waals surface area contributed by atoms with E-state index in [4.69, 9.17) is 15.2 Å². The lowest BCUT2D eigenvalue weighted by Crippen LogP contribution is -2.40. The number of carbonyl (C=O) groups excluding carboxylic acids is 2. The van der Waals surface area contributed by atoms with Crippen LogP contribution in [0.1, 0.15) is 49.7 Å². The van der Waals surface area contributed by atoms with Gasteiger partial charge in [0.25, 0.3) is 21.2 Å². The number of aromatic nitrogens is 8. The summed E-state index contributed by atoms with van der Waals surface area (Å²) in [5, 5.41) is 7.61. The molecule has 5 aromatic heterocycles. The average molecular weight is 825 g/mol. The van der Waals surface area contributed by atoms with Crippen LogP contribution in [0.5, 0.6) is 0 Å². The second kappa shape index (κ2) is 19.0. The topological polar surface area (TPSA) is 266 Å². The number of aryl methyl sites for hydroxylation is 3. The highest BCUT2D eigenvalue weighted by Gasteiger charge is 2.24. The number of halogens is 1. The molecule has 0 aromatic carbocycles. The molecule has 22 nitrogen and oxygen atoms in total. The molecule has 0 N–H and O–H groups in total. The van der Waals surface area contributed by atoms with Crippen molar-refractivity contribution in [2.45, 2.75) is 59.4 Å². The van der Waals surface area contributed by atoms with Crippen molar-refractivity contribution >= 4 is 45.3 Å². The first kappa shape index (κ1) is 43.4. The van der Waals surface area contributed by atoms with Crippen LogP contribution < -0.4 is 22.5 Å². The summed E-state index contributed by atoms with van der Waals surface area (Å²) < 4.78 is 65.7. The van der Waals surface area contributed by atoms with E-state index in [0.29, 0.717) is 40.7 Å². The molecule has 0 aliphatic carbocycles. The van der Waals surface area contributed by atoms with Gasteiger partial charge in [0.15, 0.2) is 17.3 Å². The van der Waals surface area contributed by atoms with Crippen LogP contribution >= 0.6 is 0 Å². The Morgan fingerprint density at radius 1 is 0.912 bits per heavy atom. The minimum absolute atomic E-state index is 0.0451. The van der Waals surface area contributed by atoms with Crippen molar-refractivity contribution in [2.75, 3.05) is 27.6 Å². The minimum Gasteiger partial charge on any atom is -0.467 e. The van der Waals surface area contributed by atoms with E-state index in [1.807, 2.05) is 0 Å². The quantitative estimate of drug-likeness (QED) is 0.142. The van der Waals surface area contributed by atoms with Gasteiger partial charge in [0.2, 0.25) is 0 Å². The van der Waals surface area contributed by atoms with Crippen molar-refractivity contribution in [3.8, 4) is 0 Å². The van der Waals surface area contributed by atoms with Gasteiger partial charge in [-0.1, -0.05) is 10.3 Å². The van der Waals surface area contributed by atoms with Crippen LogP contribution in [-0.4, -0.2) is 98.4 Å². The van der Waals surface area contributed by atoms with Crippen LogP contribution in [0.2, 0.25) is 0 Å². The van der Waals surface area contributed by atoms with Crippen molar-refractivity contribution < 1.29 is 46.5 Å². The van der Waals surface area contributed by atoms with Gasteiger partial charge >= 0.3 is 23.3 Å². The summed E-state index contributed by atoms with van der Waals surface area (Å²) >= 11 is 0. The molecule has 2 atom stereocenters. The second-order valence-electron chi connectivity index (χ2n) is 12.1. The van der Waals surface area contributed by atoms with Gasteiger partial charge in [0.1, 0.15) is 34.8 Å². The van der Waals surface area contributed by atoms with E-state index in [1.165, 1.54) is 41.1 Å². The third-order valence-electron chi connectivity index (χ3n) is 7.98. The molecule has 24 heteroatoms. The predicted molar refractivity (Wildman–Crippen MR) is 199 cm³/mol. The smallest absolute Gasteiger partial charge is 0.336 e. The summed E-state index contributed by atoms with van der Waals surface area (Å²) in [5.41, 5.74) is 0.0698. The third-order valence-corrected chi connectivity index (χ3v) is 8.62. The lowest BCUT2D eigenvalue weighted by Gasteiger charge is -2.12. The second-order valence-corrected chi connectivity index (χ2v) is 13.7. The zero-order valence-corrected chi connectivity index (χ0v) is 33.2. The Kier molecular flexibility index (Phi) is 14.5. The lowest BCUT2D eigenvalue weighted by atomic mass is 10.2. The van der Waals surface area contributed by atoms with E-state index in [1.54, 1.807) is 46.2 Å². The number of carbonyl (C=O) groups is 2. The van der Waals surface area contributed by atoms with Gasteiger partial charge in [-0.3, -0.25) is 36.4 Å². The highest BCUT2D eigenvalue weighted by Crippen LogP contribution is 2.18. The standard InChI is InChI=1S/C15H17N5O5.C12H12N4O3.C5H10O5S.CH3F/c1-8-5-10(17-25-8)6-19-13(21)11-12(18(3)15(19)23)16-7-20(11)9(2)14(22)24-4;1-7-5-8(14-19-7)6-16-11(17)9-3-4-13-10(9)15(2)12(16)18;1-4(5(6)9-2)10-11(3,7)8;1-2/h5,7,9H,6H2,1-4H3;4-5H,3,6H2,1-2H3;4H,1-3H3;1H3/t9-;;4-;/m0.1./s1/i;;;1D. The van der Waals surface area contributed by atoms with Gasteiger partial charge in [0, 0.05) is 38.9 Å². The summed E-state index contributed by atoms with van der Waals surface area (Å²) in [5.74, 6) is 0.430. The van der Waals surface area contributed by atoms with Crippen LogP contribution in [-0.2, 0) is 67.0 Å². The first-order valence-electron chi connectivity index (χ1n) is 17.2. The van der Waals surface area contributed by atoms with Crippen LogP contribution in [0.15, 0.2) is 51.7 Å². The highest BCUT2D eigenvalue weighted by atomic mass is 32.2. The number of hydrogen-bond acceptors (Lipinski definition) is 17. The van der Waals surface area contributed by atoms with Crippen molar-refractivity contribution in [1.29, 1.82) is 0 Å². The molecule has 5 aromatic rings. The zero-order valence-electron chi connectivity index (χ0n) is 33.4. The van der Waals surface area contributed by atoms with Gasteiger partial charge in [-0.25, -0.2) is 29.2 Å². The van der Waals surface area contributed by atoms with Gasteiger partial charge in [-0.2, -0.15) is 8.42 Å². The van der Waals surface area contributed by atoms with E-state index in [2.05, 4.69) is 29.2 Å². The Morgan fingerprint density at radius 2 is 1.42 bits per heavy atom. The Labute approximate surface area is 324 Å². The van der Waals surface area contributed by atoms with Gasteiger partial charge in [0.05, 0.1) is 54.0 Å². The number of imidazole rings is 1. The molecule has 0 bridgehead atoms. The van der Waals surface area contributed by atoms with E-state index in [0.717, 1.165) is 22.5 Å². The number of alkyl halides is 1. The number of fused-ring (bicyclic) bond motifs is 2. The summed E-state index contributed by atoms with van der Waals surface area (Å²) in [6.07, 6.45) is 3.23. The third kappa shape index (κ3) is 10.5. The molecule has 0 fully saturated rings. The molecule has 0 radical (unpaired) electrons. The number of ether oxygens (including phenoxy) is 2. The predicted octanol–water partition coefficient (Wildman–Crippen LogP) is 0.235. The number of aliphatic imine (C=N–C) groups is 1. The monoisotopic (exact) mass is 824 g/mol. The fourth-order valence-electron chi connectivity index (χ4n) is 5.31. The van der Waals surface area contributed by atoms with Crippen molar-refractivity contribution in [2.24, 2.45) is 19.1 Å². The van der Waals surface area contributed by atoms with Gasteiger partial charge < -0.3 is 23.1 Å². The molecule has 6 heterocycles. The van der Waals surface area contributed by atoms with Crippen LogP contribution in [0.3, 0.4) is 0 Å².